The number of quaternary nitrogens is 1. The lowest BCUT2D eigenvalue weighted by Gasteiger charge is -2.24. The first kappa shape index (κ1) is 79.4. The summed E-state index contributed by atoms with van der Waals surface area (Å²) in [5, 5.41) is 0. The molecule has 474 valence electrons. The van der Waals surface area contributed by atoms with E-state index >= 15 is 0 Å². The van der Waals surface area contributed by atoms with Crippen LogP contribution in [0.25, 0.3) is 0 Å². The zero-order valence-electron chi connectivity index (χ0n) is 53.8. The fourth-order valence-electron chi connectivity index (χ4n) is 8.20. The molecule has 0 aromatic heterocycles. The van der Waals surface area contributed by atoms with Gasteiger partial charge in [0.1, 0.15) is 19.8 Å². The maximum absolute atomic E-state index is 12.8. The number of carbonyl (C=O) groups is 2. The molecule has 84 heavy (non-hydrogen) atoms. The van der Waals surface area contributed by atoms with Gasteiger partial charge in [-0.2, -0.15) is 0 Å². The number of ether oxygens (including phenoxy) is 2. The summed E-state index contributed by atoms with van der Waals surface area (Å²) in [6, 6.07) is 0. The summed E-state index contributed by atoms with van der Waals surface area (Å²) < 4.78 is 34.6. The van der Waals surface area contributed by atoms with Gasteiger partial charge in [-0.3, -0.25) is 18.6 Å². The van der Waals surface area contributed by atoms with Gasteiger partial charge in [0.2, 0.25) is 0 Å². The minimum atomic E-state index is -4.41. The van der Waals surface area contributed by atoms with Crippen LogP contribution in [-0.2, 0) is 32.7 Å². The highest BCUT2D eigenvalue weighted by Gasteiger charge is 2.27. The molecule has 0 saturated heterocycles. The van der Waals surface area contributed by atoms with E-state index in [-0.39, 0.29) is 32.0 Å². The van der Waals surface area contributed by atoms with Crippen LogP contribution < -0.4 is 0 Å². The first-order chi connectivity index (χ1) is 41.0. The van der Waals surface area contributed by atoms with Gasteiger partial charge in [-0.1, -0.05) is 255 Å². The fourth-order valence-corrected chi connectivity index (χ4v) is 8.94. The van der Waals surface area contributed by atoms with E-state index in [4.69, 9.17) is 18.5 Å². The van der Waals surface area contributed by atoms with Gasteiger partial charge in [0.05, 0.1) is 27.7 Å². The van der Waals surface area contributed by atoms with Crippen molar-refractivity contribution in [3.8, 4) is 0 Å². The molecule has 0 aliphatic rings. The average molecular weight is 1180 g/mol. The molecular formula is C74H121NO8P+. The Bertz CT molecular complexity index is 2020. The van der Waals surface area contributed by atoms with Crippen LogP contribution in [0.2, 0.25) is 0 Å². The summed E-state index contributed by atoms with van der Waals surface area (Å²) in [6.07, 6.45) is 95.8. The summed E-state index contributed by atoms with van der Waals surface area (Å²) in [5.41, 5.74) is 0. The highest BCUT2D eigenvalue weighted by Crippen LogP contribution is 2.43. The maximum atomic E-state index is 12.8. The van der Waals surface area contributed by atoms with Gasteiger partial charge in [0, 0.05) is 12.8 Å². The average Bonchev–Trinajstić information content (AvgIpc) is 3.61. The standard InChI is InChI=1S/C74H120NO8P/c1-6-8-10-12-14-16-18-20-22-24-26-27-28-29-30-31-32-33-34-35-36-37-38-39-40-41-42-43-44-45-46-47-49-51-53-55-57-59-61-63-65-67-74(77)83-72(71-82-84(78,79)81-69-68-75(3,4)5)70-80-73(76)66-64-62-60-58-56-54-52-50-48-25-23-21-19-17-15-13-11-9-7-2/h8,10,14-17,20-23,26-27,29-30,32-33,35-36,38-39,41-42,44-45,47,49,53,55,72H,6-7,9,11-13,18-19,24-25,28,31,34,37,40,43,46,48,50-52,54,56-71H2,1-5H3/p+1/b10-8-,16-14-,17-15-,22-20-,23-21-,27-26-,30-29-,33-32-,36-35-,39-38-,42-41-,45-44-,49-47-,55-53-. The molecule has 0 amide bonds. The molecule has 0 aliphatic carbocycles. The highest BCUT2D eigenvalue weighted by atomic mass is 31.2. The summed E-state index contributed by atoms with van der Waals surface area (Å²) in [6.45, 7) is 4.24. The van der Waals surface area contributed by atoms with Gasteiger partial charge in [0.25, 0.3) is 0 Å². The molecule has 1 N–H and O–H groups in total. The third kappa shape index (κ3) is 66.5. The molecule has 0 radical (unpaired) electrons. The molecule has 2 atom stereocenters. The van der Waals surface area contributed by atoms with Crippen LogP contribution >= 0.6 is 7.82 Å². The number of rotatable bonds is 58. The van der Waals surface area contributed by atoms with Gasteiger partial charge in [0.15, 0.2) is 6.10 Å². The van der Waals surface area contributed by atoms with E-state index in [9.17, 15) is 19.0 Å². The zero-order chi connectivity index (χ0) is 61.2. The molecule has 0 fully saturated rings. The number of nitrogens with zero attached hydrogens (tertiary/aromatic N) is 1. The molecule has 0 heterocycles. The molecule has 10 heteroatoms. The van der Waals surface area contributed by atoms with Gasteiger partial charge >= 0.3 is 19.8 Å². The third-order valence-corrected chi connectivity index (χ3v) is 14.2. The topological polar surface area (TPSA) is 108 Å². The van der Waals surface area contributed by atoms with E-state index < -0.39 is 26.5 Å². The Balaban J connectivity index is 4.20. The summed E-state index contributed by atoms with van der Waals surface area (Å²) in [5.74, 6) is -0.842. The van der Waals surface area contributed by atoms with Crippen molar-refractivity contribution in [3.05, 3.63) is 170 Å². The minimum Gasteiger partial charge on any atom is -0.462 e. The van der Waals surface area contributed by atoms with Gasteiger partial charge < -0.3 is 18.9 Å². The maximum Gasteiger partial charge on any atom is 0.472 e. The molecule has 0 bridgehead atoms. The van der Waals surface area contributed by atoms with Crippen molar-refractivity contribution in [1.29, 1.82) is 0 Å². The second kappa shape index (κ2) is 62.9. The van der Waals surface area contributed by atoms with Crippen molar-refractivity contribution in [2.24, 2.45) is 0 Å². The summed E-state index contributed by atoms with van der Waals surface area (Å²) in [7, 11) is 1.43. The molecule has 2 unspecified atom stereocenters. The number of allylic oxidation sites excluding steroid dienone is 28. The van der Waals surface area contributed by atoms with Crippen LogP contribution in [0, 0.1) is 0 Å². The SMILES string of the molecule is CC/C=C\C/C=C\C/C=C\C/C=C\C/C=C\C/C=C\C/C=C\C/C=C\C/C=C\C/C=C\C/C=C\C/C=C\CCCCCCC(=O)OC(COC(=O)CCCCCCCCCCC/C=C\C/C=C\CCCCC)COP(=O)(O)OCC[N+](C)(C)C. The molecule has 0 rings (SSSR count). The van der Waals surface area contributed by atoms with Crippen molar-refractivity contribution in [1.82, 2.24) is 0 Å². The number of phosphoric acid groups is 1. The smallest absolute Gasteiger partial charge is 0.462 e. The quantitative estimate of drug-likeness (QED) is 0.0211. The fraction of sp³-hybridized carbons (Fsp3) is 0.595. The van der Waals surface area contributed by atoms with Gasteiger partial charge in [-0.25, -0.2) is 4.57 Å². The first-order valence-corrected chi connectivity index (χ1v) is 34.4. The Labute approximate surface area is 515 Å². The van der Waals surface area contributed by atoms with E-state index in [1.807, 2.05) is 21.1 Å². The second-order valence-electron chi connectivity index (χ2n) is 22.4. The van der Waals surface area contributed by atoms with E-state index in [0.717, 1.165) is 141 Å². The van der Waals surface area contributed by atoms with Crippen molar-refractivity contribution in [2.75, 3.05) is 47.5 Å². The number of unbranched alkanes of at least 4 members (excludes halogenated alkanes) is 16. The molecular weight excluding hydrogens is 1060 g/mol. The van der Waals surface area contributed by atoms with Crippen LogP contribution in [-0.4, -0.2) is 74.9 Å². The summed E-state index contributed by atoms with van der Waals surface area (Å²) in [4.78, 5) is 35.8. The first-order valence-electron chi connectivity index (χ1n) is 32.9. The molecule has 0 aromatic carbocycles. The van der Waals surface area contributed by atoms with E-state index in [1.165, 1.54) is 57.8 Å². The van der Waals surface area contributed by atoms with Crippen LogP contribution in [0.15, 0.2) is 170 Å². The zero-order valence-corrected chi connectivity index (χ0v) is 54.7. The second-order valence-corrected chi connectivity index (χ2v) is 23.9. The van der Waals surface area contributed by atoms with Crippen LogP contribution in [0.3, 0.4) is 0 Å². The summed E-state index contributed by atoms with van der Waals surface area (Å²) >= 11 is 0. The normalized spacial score (nSPS) is 14.3. The Morgan fingerprint density at radius 1 is 0.381 bits per heavy atom. The number of hydrogen-bond donors (Lipinski definition) is 1. The van der Waals surface area contributed by atoms with E-state index in [1.54, 1.807) is 0 Å². The van der Waals surface area contributed by atoms with Crippen LogP contribution in [0.4, 0.5) is 0 Å². The van der Waals surface area contributed by atoms with Crippen LogP contribution in [0.1, 0.15) is 232 Å². The lowest BCUT2D eigenvalue weighted by molar-refractivity contribution is -0.870. The number of esters is 2. The lowest BCUT2D eigenvalue weighted by Crippen LogP contribution is -2.37. The van der Waals surface area contributed by atoms with Crippen molar-refractivity contribution < 1.29 is 42.1 Å². The largest absolute Gasteiger partial charge is 0.472 e. The van der Waals surface area contributed by atoms with Gasteiger partial charge in [-0.05, 0) is 135 Å². The molecule has 9 nitrogen and oxygen atoms in total. The predicted molar refractivity (Wildman–Crippen MR) is 362 cm³/mol. The number of hydrogen-bond acceptors (Lipinski definition) is 7. The Morgan fingerprint density at radius 3 is 1.01 bits per heavy atom. The van der Waals surface area contributed by atoms with Gasteiger partial charge in [-0.15, -0.1) is 0 Å². The lowest BCUT2D eigenvalue weighted by atomic mass is 10.1. The molecule has 0 saturated carbocycles. The van der Waals surface area contributed by atoms with E-state index in [0.29, 0.717) is 17.4 Å². The van der Waals surface area contributed by atoms with Crippen molar-refractivity contribution >= 4 is 19.8 Å². The Hall–Kier alpha value is -4.63. The number of phosphoric ester groups is 1. The monoisotopic (exact) mass is 1180 g/mol. The number of likely N-dealkylation sites (N-methyl/N-ethyl adjacent to an activating group) is 1. The third-order valence-electron chi connectivity index (χ3n) is 13.2. The highest BCUT2D eigenvalue weighted by molar-refractivity contribution is 7.47. The Morgan fingerprint density at radius 2 is 0.679 bits per heavy atom. The van der Waals surface area contributed by atoms with E-state index in [2.05, 4.69) is 184 Å². The number of carbonyl (C=O) groups excluding carboxylic acids is 2. The predicted octanol–water partition coefficient (Wildman–Crippen LogP) is 21.4. The molecule has 0 aromatic rings. The van der Waals surface area contributed by atoms with Crippen molar-refractivity contribution in [3.63, 3.8) is 0 Å². The molecule has 0 aliphatic heterocycles. The Kier molecular flexibility index (Phi) is 59.4. The van der Waals surface area contributed by atoms with Crippen LogP contribution in [0.5, 0.6) is 0 Å². The minimum absolute atomic E-state index is 0.0167. The molecule has 0 spiro atoms. The van der Waals surface area contributed by atoms with Crippen molar-refractivity contribution in [2.45, 2.75) is 238 Å².